The number of hydrogen-bond acceptors (Lipinski definition) is 0. The zero-order valence-electron chi connectivity index (χ0n) is 3.99. The average Bonchev–Trinajstić information content (AvgIpc) is 1.35. The van der Waals surface area contributed by atoms with Crippen LogP contribution in [0.15, 0.2) is 12.7 Å². The van der Waals surface area contributed by atoms with Gasteiger partial charge in [-0.3, -0.25) is 0 Å². The van der Waals surface area contributed by atoms with Gasteiger partial charge in [0.15, 0.2) is 0 Å². The molecule has 0 amide bonds. The molecule has 0 aliphatic carbocycles. The lowest BCUT2D eigenvalue weighted by molar-refractivity contribution is 1.51. The molecule has 1 heteroatoms. The number of allylic oxidation sites excluding steroid dienone is 1. The van der Waals surface area contributed by atoms with Crippen LogP contribution in [0.4, 0.5) is 0 Å². The van der Waals surface area contributed by atoms with Gasteiger partial charge in [0.2, 0.25) is 0 Å². The van der Waals surface area contributed by atoms with E-state index in [1.807, 2.05) is 13.0 Å². The maximum absolute atomic E-state index is 3.55. The highest BCUT2D eigenvalue weighted by Crippen LogP contribution is 1.84. The maximum atomic E-state index is 3.55. The Morgan fingerprint density at radius 1 is 2.00 bits per heavy atom. The Hall–Kier alpha value is -0.0900. The molecule has 34 valence electrons. The smallest absolute Gasteiger partial charge is 0.0103 e. The molecule has 0 heterocycles. The van der Waals surface area contributed by atoms with E-state index in [9.17, 15) is 0 Å². The first-order valence-corrected chi connectivity index (χ1v) is 2.42. The predicted octanol–water partition coefficient (Wildman–Crippen LogP) is 1.90. The summed E-state index contributed by atoms with van der Waals surface area (Å²) in [5.74, 6) is 0. The fourth-order valence-electron chi connectivity index (χ4n) is 0.217. The Balaban J connectivity index is 3.05. The van der Waals surface area contributed by atoms with E-state index in [1.165, 1.54) is 5.29 Å². The van der Waals surface area contributed by atoms with Gasteiger partial charge in [0.25, 0.3) is 0 Å². The first kappa shape index (κ1) is 5.91. The van der Waals surface area contributed by atoms with Crippen LogP contribution in [-0.4, -0.2) is 5.29 Å². The zero-order valence-corrected chi connectivity index (χ0v) is 4.99. The summed E-state index contributed by atoms with van der Waals surface area (Å²) >= 11 is 0. The molecule has 0 aliphatic rings. The molecule has 0 fully saturated rings. The molecule has 0 bridgehead atoms. The lowest BCUT2D eigenvalue weighted by Gasteiger charge is -1.81. The molecule has 0 saturated carbocycles. The van der Waals surface area contributed by atoms with Crippen molar-refractivity contribution in [2.24, 2.45) is 0 Å². The van der Waals surface area contributed by atoms with Crippen LogP contribution in [0.1, 0.15) is 13.3 Å². The summed E-state index contributed by atoms with van der Waals surface area (Å²) in [4.78, 5) is 0. The van der Waals surface area contributed by atoms with Crippen molar-refractivity contribution in [1.82, 2.24) is 0 Å². The molecule has 0 saturated heterocycles. The van der Waals surface area contributed by atoms with E-state index in [0.29, 0.717) is 0 Å². The summed E-state index contributed by atoms with van der Waals surface area (Å²) in [6.07, 6.45) is 2.83. The van der Waals surface area contributed by atoms with Gasteiger partial charge in [0.05, 0.1) is 0 Å². The molecule has 0 aromatic heterocycles. The number of rotatable bonds is 2. The monoisotopic (exact) mass is 100 g/mol. The third-order valence-corrected chi connectivity index (χ3v) is 0.655. The van der Waals surface area contributed by atoms with Gasteiger partial charge in [-0.2, -0.15) is 0 Å². The van der Waals surface area contributed by atoms with Crippen molar-refractivity contribution in [2.45, 2.75) is 13.3 Å². The molecule has 0 atom stereocenters. The van der Waals surface area contributed by atoms with Crippen molar-refractivity contribution in [2.75, 3.05) is 0 Å². The fourth-order valence-corrected chi connectivity index (χ4v) is 0.361. The van der Waals surface area contributed by atoms with E-state index in [2.05, 4.69) is 15.4 Å². The standard InChI is InChI=1S/C5H9P/c1-3-4-5(2)6/h3,6H,1,4H2,2H3. The van der Waals surface area contributed by atoms with Gasteiger partial charge in [-0.15, -0.1) is 15.4 Å². The first-order chi connectivity index (χ1) is 2.77. The summed E-state index contributed by atoms with van der Waals surface area (Å²) in [6, 6.07) is 0. The summed E-state index contributed by atoms with van der Waals surface area (Å²) in [7, 11) is 3.32. The summed E-state index contributed by atoms with van der Waals surface area (Å²) in [5, 5.41) is 1.23. The van der Waals surface area contributed by atoms with Crippen LogP contribution < -0.4 is 0 Å². The Bertz CT molecular complexity index is 64.3. The molecule has 0 aromatic rings. The van der Waals surface area contributed by atoms with Crippen LogP contribution in [0.5, 0.6) is 0 Å². The van der Waals surface area contributed by atoms with E-state index in [4.69, 9.17) is 0 Å². The minimum Gasteiger partial charge on any atom is -0.123 e. The molecule has 0 nitrogen and oxygen atoms in total. The second-order valence-electron chi connectivity index (χ2n) is 1.27. The van der Waals surface area contributed by atoms with Gasteiger partial charge in [-0.05, 0) is 18.6 Å². The second-order valence-corrected chi connectivity index (χ2v) is 2.13. The minimum atomic E-state index is 0.969. The van der Waals surface area contributed by atoms with Crippen molar-refractivity contribution in [3.05, 3.63) is 12.7 Å². The highest BCUT2D eigenvalue weighted by atomic mass is 31.0. The van der Waals surface area contributed by atoms with Crippen LogP contribution in [0.2, 0.25) is 0 Å². The zero-order chi connectivity index (χ0) is 4.99. The molecule has 0 spiro atoms. The van der Waals surface area contributed by atoms with Crippen LogP contribution in [0.3, 0.4) is 0 Å². The van der Waals surface area contributed by atoms with Gasteiger partial charge in [-0.25, -0.2) is 0 Å². The molecule has 0 aromatic carbocycles. The van der Waals surface area contributed by atoms with E-state index >= 15 is 0 Å². The van der Waals surface area contributed by atoms with Crippen molar-refractivity contribution < 1.29 is 0 Å². The third-order valence-electron chi connectivity index (χ3n) is 0.451. The predicted molar refractivity (Wildman–Crippen MR) is 33.8 cm³/mol. The van der Waals surface area contributed by atoms with Crippen molar-refractivity contribution >= 4 is 14.2 Å². The summed E-state index contributed by atoms with van der Waals surface area (Å²) in [5.41, 5.74) is 0. The Labute approximate surface area is 41.1 Å². The van der Waals surface area contributed by atoms with E-state index in [-0.39, 0.29) is 0 Å². The van der Waals surface area contributed by atoms with Crippen LogP contribution in [-0.2, 0) is 0 Å². The fraction of sp³-hybridized carbons (Fsp3) is 0.400. The van der Waals surface area contributed by atoms with Crippen LogP contribution >= 0.6 is 8.86 Å². The van der Waals surface area contributed by atoms with E-state index in [1.54, 1.807) is 0 Å². The normalized spacial score (nSPS) is 7.50. The van der Waals surface area contributed by atoms with Gasteiger partial charge < -0.3 is 0 Å². The van der Waals surface area contributed by atoms with Crippen molar-refractivity contribution in [1.29, 1.82) is 0 Å². The Morgan fingerprint density at radius 3 is 2.50 bits per heavy atom. The molecular formula is C5H9P. The van der Waals surface area contributed by atoms with E-state index < -0.39 is 0 Å². The lowest BCUT2D eigenvalue weighted by atomic mass is 10.3. The topological polar surface area (TPSA) is 0 Å². The van der Waals surface area contributed by atoms with Crippen LogP contribution in [0.25, 0.3) is 0 Å². The lowest BCUT2D eigenvalue weighted by Crippen LogP contribution is -1.76. The van der Waals surface area contributed by atoms with Crippen molar-refractivity contribution in [3.63, 3.8) is 0 Å². The van der Waals surface area contributed by atoms with E-state index in [0.717, 1.165) is 6.42 Å². The Morgan fingerprint density at radius 2 is 2.50 bits per heavy atom. The number of hydrogen-bond donors (Lipinski definition) is 0. The summed E-state index contributed by atoms with van der Waals surface area (Å²) < 4.78 is 0. The minimum absolute atomic E-state index is 0.969. The molecule has 0 N–H and O–H groups in total. The van der Waals surface area contributed by atoms with Gasteiger partial charge in [0, 0.05) is 0 Å². The molecular weight excluding hydrogens is 91.0 g/mol. The SMILES string of the molecule is C=CCC(C)=P. The highest BCUT2D eigenvalue weighted by Gasteiger charge is 1.72. The van der Waals surface area contributed by atoms with Gasteiger partial charge >= 0.3 is 0 Å². The average molecular weight is 100 g/mol. The molecule has 0 unspecified atom stereocenters. The summed E-state index contributed by atoms with van der Waals surface area (Å²) in [6.45, 7) is 5.56. The molecule has 0 radical (unpaired) electrons. The maximum Gasteiger partial charge on any atom is -0.0103 e. The second kappa shape index (κ2) is 3.11. The van der Waals surface area contributed by atoms with Gasteiger partial charge in [0.1, 0.15) is 0 Å². The molecule has 0 aliphatic heterocycles. The third kappa shape index (κ3) is 3.91. The first-order valence-electron chi connectivity index (χ1n) is 1.92. The van der Waals surface area contributed by atoms with Gasteiger partial charge in [-0.1, -0.05) is 6.08 Å². The molecule has 6 heavy (non-hydrogen) atoms. The van der Waals surface area contributed by atoms with Crippen LogP contribution in [0, 0.1) is 0 Å². The largest absolute Gasteiger partial charge is 0.123 e. The van der Waals surface area contributed by atoms with Crippen molar-refractivity contribution in [3.8, 4) is 0 Å². The molecule has 0 rings (SSSR count). The quantitative estimate of drug-likeness (QED) is 0.367. The highest BCUT2D eigenvalue weighted by molar-refractivity contribution is 7.20. The Kier molecular flexibility index (Phi) is 3.07.